The van der Waals surface area contributed by atoms with Crippen LogP contribution < -0.4 is 0 Å². The summed E-state index contributed by atoms with van der Waals surface area (Å²) in [5, 5.41) is 9.87. The maximum absolute atomic E-state index is 9.87. The van der Waals surface area contributed by atoms with Crippen LogP contribution >= 0.6 is 0 Å². The average molecular weight is 293 g/mol. The molecule has 2 rings (SSSR count). The summed E-state index contributed by atoms with van der Waals surface area (Å²) in [5.41, 5.74) is 0.977. The summed E-state index contributed by atoms with van der Waals surface area (Å²) in [6.07, 6.45) is 3.67. The maximum Gasteiger partial charge on any atom is 0.120 e. The summed E-state index contributed by atoms with van der Waals surface area (Å²) in [6.45, 7) is 7.13. The number of rotatable bonds is 9. The minimum absolute atomic E-state index is 0.294. The molecule has 4 nitrogen and oxygen atoms in total. The zero-order valence-electron chi connectivity index (χ0n) is 13.0. The Bertz CT molecular complexity index is 405. The summed E-state index contributed by atoms with van der Waals surface area (Å²) in [7, 11) is 0. The van der Waals surface area contributed by atoms with Crippen molar-refractivity contribution in [3.63, 3.8) is 0 Å². The van der Waals surface area contributed by atoms with E-state index in [9.17, 15) is 5.11 Å². The first-order valence-electron chi connectivity index (χ1n) is 7.98. The van der Waals surface area contributed by atoms with Crippen LogP contribution in [0.15, 0.2) is 24.3 Å². The summed E-state index contributed by atoms with van der Waals surface area (Å²) in [5.74, 6) is 0.374. The number of benzene rings is 1. The summed E-state index contributed by atoms with van der Waals surface area (Å²) >= 11 is 0. The topological polar surface area (TPSA) is 41.9 Å². The molecule has 21 heavy (non-hydrogen) atoms. The first-order valence-corrected chi connectivity index (χ1v) is 7.98. The van der Waals surface area contributed by atoms with Crippen LogP contribution in [0.2, 0.25) is 0 Å². The first-order chi connectivity index (χ1) is 10.3. The van der Waals surface area contributed by atoms with Crippen LogP contribution in [-0.4, -0.2) is 49.0 Å². The predicted octanol–water partition coefficient (Wildman–Crippen LogP) is 2.80. The van der Waals surface area contributed by atoms with E-state index in [1.165, 1.54) is 0 Å². The van der Waals surface area contributed by atoms with Gasteiger partial charge >= 0.3 is 0 Å². The molecule has 1 aliphatic heterocycles. The lowest BCUT2D eigenvalue weighted by Gasteiger charge is -2.22. The largest absolute Gasteiger partial charge is 0.508 e. The van der Waals surface area contributed by atoms with E-state index in [1.54, 1.807) is 6.07 Å². The van der Waals surface area contributed by atoms with Crippen molar-refractivity contribution in [2.24, 2.45) is 0 Å². The predicted molar refractivity (Wildman–Crippen MR) is 83.5 cm³/mol. The molecule has 0 spiro atoms. The molecule has 1 atom stereocenters. The number of nitrogens with zero attached hydrogens (tertiary/aromatic N) is 1. The molecule has 1 heterocycles. The minimum Gasteiger partial charge on any atom is -0.508 e. The second-order valence-electron chi connectivity index (χ2n) is 5.61. The van der Waals surface area contributed by atoms with Crippen molar-refractivity contribution < 1.29 is 14.6 Å². The van der Waals surface area contributed by atoms with E-state index in [4.69, 9.17) is 9.47 Å². The molecule has 1 unspecified atom stereocenters. The van der Waals surface area contributed by atoms with Crippen molar-refractivity contribution in [2.75, 3.05) is 32.9 Å². The van der Waals surface area contributed by atoms with Crippen LogP contribution in [-0.2, 0) is 16.0 Å². The minimum atomic E-state index is 0.294. The van der Waals surface area contributed by atoms with Gasteiger partial charge in [0.1, 0.15) is 5.75 Å². The van der Waals surface area contributed by atoms with E-state index >= 15 is 0 Å². The number of hydrogen-bond donors (Lipinski definition) is 1. The van der Waals surface area contributed by atoms with E-state index in [0.717, 1.165) is 51.1 Å². The molecule has 0 aromatic heterocycles. The van der Waals surface area contributed by atoms with Crippen LogP contribution in [0, 0.1) is 0 Å². The van der Waals surface area contributed by atoms with E-state index in [0.29, 0.717) is 25.1 Å². The van der Waals surface area contributed by atoms with Crippen molar-refractivity contribution in [1.82, 2.24) is 4.90 Å². The number of phenolic OH excluding ortho intramolecular Hbond substituents is 1. The van der Waals surface area contributed by atoms with Crippen LogP contribution in [0.4, 0.5) is 0 Å². The van der Waals surface area contributed by atoms with Crippen molar-refractivity contribution in [2.45, 2.75) is 38.8 Å². The quantitative estimate of drug-likeness (QED) is 0.711. The van der Waals surface area contributed by atoms with Gasteiger partial charge in [-0.25, -0.2) is 0 Å². The lowest BCUT2D eigenvalue weighted by Crippen LogP contribution is -2.29. The SMILES string of the molecule is CCCN(CCOCC1CCCO1)Cc1ccccc1O. The number of ether oxygens (including phenoxy) is 2. The zero-order chi connectivity index (χ0) is 14.9. The average Bonchev–Trinajstić information content (AvgIpc) is 2.99. The molecule has 0 aliphatic carbocycles. The summed E-state index contributed by atoms with van der Waals surface area (Å²) < 4.78 is 11.3. The zero-order valence-corrected chi connectivity index (χ0v) is 13.0. The highest BCUT2D eigenvalue weighted by Gasteiger charge is 2.15. The lowest BCUT2D eigenvalue weighted by atomic mass is 10.2. The van der Waals surface area contributed by atoms with Crippen LogP contribution in [0.1, 0.15) is 31.7 Å². The number of phenols is 1. The fourth-order valence-corrected chi connectivity index (χ4v) is 2.66. The monoisotopic (exact) mass is 293 g/mol. The molecule has 0 bridgehead atoms. The van der Waals surface area contributed by atoms with E-state index in [-0.39, 0.29) is 0 Å². The number of para-hydroxylation sites is 1. The van der Waals surface area contributed by atoms with Crippen LogP contribution in [0.25, 0.3) is 0 Å². The normalized spacial score (nSPS) is 18.5. The smallest absolute Gasteiger partial charge is 0.120 e. The van der Waals surface area contributed by atoms with E-state index in [2.05, 4.69) is 11.8 Å². The van der Waals surface area contributed by atoms with Gasteiger partial charge in [-0.15, -0.1) is 0 Å². The highest BCUT2D eigenvalue weighted by molar-refractivity contribution is 5.31. The van der Waals surface area contributed by atoms with Gasteiger partial charge in [0.25, 0.3) is 0 Å². The van der Waals surface area contributed by atoms with Gasteiger partial charge < -0.3 is 14.6 Å². The van der Waals surface area contributed by atoms with Gasteiger partial charge in [-0.05, 0) is 31.9 Å². The molecule has 1 saturated heterocycles. The highest BCUT2D eigenvalue weighted by Crippen LogP contribution is 2.18. The summed E-state index contributed by atoms with van der Waals surface area (Å²) in [6, 6.07) is 7.54. The molecular formula is C17H27NO3. The van der Waals surface area contributed by atoms with E-state index in [1.807, 2.05) is 18.2 Å². The Kier molecular flexibility index (Phi) is 7.00. The summed E-state index contributed by atoms with van der Waals surface area (Å²) in [4.78, 5) is 2.32. The number of hydrogen-bond acceptors (Lipinski definition) is 4. The fraction of sp³-hybridized carbons (Fsp3) is 0.647. The van der Waals surface area contributed by atoms with Crippen molar-refractivity contribution in [1.29, 1.82) is 0 Å². The van der Waals surface area contributed by atoms with E-state index < -0.39 is 0 Å². The van der Waals surface area contributed by atoms with Crippen LogP contribution in [0.5, 0.6) is 5.75 Å². The second kappa shape index (κ2) is 9.03. The molecular weight excluding hydrogens is 266 g/mol. The Morgan fingerprint density at radius 3 is 2.90 bits per heavy atom. The van der Waals surface area contributed by atoms with Gasteiger partial charge in [0, 0.05) is 25.3 Å². The third kappa shape index (κ3) is 5.65. The third-order valence-corrected chi connectivity index (χ3v) is 3.80. The highest BCUT2D eigenvalue weighted by atomic mass is 16.5. The Balaban J connectivity index is 1.72. The first kappa shape index (κ1) is 16.3. The van der Waals surface area contributed by atoms with Gasteiger partial charge in [-0.3, -0.25) is 4.90 Å². The Labute approximate surface area is 127 Å². The van der Waals surface area contributed by atoms with Crippen molar-refractivity contribution in [3.05, 3.63) is 29.8 Å². The Hall–Kier alpha value is -1.10. The molecule has 0 radical (unpaired) electrons. The molecule has 1 N–H and O–H groups in total. The lowest BCUT2D eigenvalue weighted by molar-refractivity contribution is 0.00982. The van der Waals surface area contributed by atoms with Gasteiger partial charge in [0.05, 0.1) is 19.3 Å². The molecule has 1 aliphatic rings. The molecule has 0 saturated carbocycles. The number of aromatic hydroxyl groups is 1. The molecule has 118 valence electrons. The molecule has 4 heteroatoms. The van der Waals surface area contributed by atoms with Gasteiger partial charge in [-0.2, -0.15) is 0 Å². The third-order valence-electron chi connectivity index (χ3n) is 3.80. The van der Waals surface area contributed by atoms with Crippen molar-refractivity contribution >= 4 is 0 Å². The van der Waals surface area contributed by atoms with Gasteiger partial charge in [0.2, 0.25) is 0 Å². The molecule has 0 amide bonds. The fourth-order valence-electron chi connectivity index (χ4n) is 2.66. The van der Waals surface area contributed by atoms with Gasteiger partial charge in [0.15, 0.2) is 0 Å². The molecule has 1 aromatic rings. The molecule has 1 aromatic carbocycles. The standard InChI is InChI=1S/C17H27NO3/c1-2-9-18(13-15-6-3-4-8-17(15)19)10-12-20-14-16-7-5-11-21-16/h3-4,6,8,16,19H,2,5,7,9-14H2,1H3. The Morgan fingerprint density at radius 1 is 1.33 bits per heavy atom. The maximum atomic E-state index is 9.87. The van der Waals surface area contributed by atoms with Crippen LogP contribution in [0.3, 0.4) is 0 Å². The van der Waals surface area contributed by atoms with Gasteiger partial charge in [-0.1, -0.05) is 25.1 Å². The van der Waals surface area contributed by atoms with Crippen molar-refractivity contribution in [3.8, 4) is 5.75 Å². The molecule has 1 fully saturated rings. The second-order valence-corrected chi connectivity index (χ2v) is 5.61. The Morgan fingerprint density at radius 2 is 2.19 bits per heavy atom.